The molecule has 4 nitrogen and oxygen atoms in total. The van der Waals surface area contributed by atoms with Crippen molar-refractivity contribution in [2.45, 2.75) is 24.2 Å². The van der Waals surface area contributed by atoms with Crippen molar-refractivity contribution in [3.05, 3.63) is 78.0 Å². The van der Waals surface area contributed by atoms with Crippen LogP contribution in [0.2, 0.25) is 0 Å². The number of rotatable bonds is 3. The highest BCUT2D eigenvalue weighted by atomic mass is 32.2. The molecule has 1 atom stereocenters. The molecule has 3 rings (SSSR count). The van der Waals surface area contributed by atoms with Crippen LogP contribution in [0.25, 0.3) is 0 Å². The molecule has 1 unspecified atom stereocenters. The summed E-state index contributed by atoms with van der Waals surface area (Å²) >= 11 is 0. The monoisotopic (exact) mass is 327 g/mol. The summed E-state index contributed by atoms with van der Waals surface area (Å²) in [6, 6.07) is 16.1. The van der Waals surface area contributed by atoms with Crippen LogP contribution in [0.4, 0.5) is 0 Å². The molecule has 0 spiro atoms. The highest BCUT2D eigenvalue weighted by molar-refractivity contribution is 7.89. The van der Waals surface area contributed by atoms with Crippen LogP contribution in [-0.2, 0) is 14.8 Å². The van der Waals surface area contributed by atoms with Gasteiger partial charge in [0.05, 0.1) is 4.90 Å². The average molecular weight is 327 g/mol. The molecule has 0 aliphatic carbocycles. The van der Waals surface area contributed by atoms with E-state index in [4.69, 9.17) is 0 Å². The lowest BCUT2D eigenvalue weighted by atomic mass is 9.94. The molecule has 0 radical (unpaired) electrons. The molecule has 0 saturated carbocycles. The van der Waals surface area contributed by atoms with Crippen molar-refractivity contribution < 1.29 is 13.2 Å². The van der Waals surface area contributed by atoms with Crippen LogP contribution in [0.3, 0.4) is 0 Å². The molecule has 1 aliphatic rings. The second kappa shape index (κ2) is 6.01. The fourth-order valence-electron chi connectivity index (χ4n) is 2.58. The number of aryl methyl sites for hydroxylation is 1. The van der Waals surface area contributed by atoms with Gasteiger partial charge >= 0.3 is 0 Å². The number of carbonyl (C=O) groups is 1. The van der Waals surface area contributed by atoms with Crippen molar-refractivity contribution in [2.75, 3.05) is 0 Å². The van der Waals surface area contributed by atoms with Gasteiger partial charge in [0.15, 0.2) is 0 Å². The van der Waals surface area contributed by atoms with Crippen molar-refractivity contribution >= 4 is 15.9 Å². The number of amides is 1. The molecule has 1 aliphatic heterocycles. The molecule has 0 N–H and O–H groups in total. The summed E-state index contributed by atoms with van der Waals surface area (Å²) in [4.78, 5) is 12.5. The van der Waals surface area contributed by atoms with Gasteiger partial charge in [-0.15, -0.1) is 0 Å². The van der Waals surface area contributed by atoms with E-state index in [-0.39, 0.29) is 17.2 Å². The third kappa shape index (κ3) is 3.05. The van der Waals surface area contributed by atoms with Gasteiger partial charge < -0.3 is 0 Å². The summed E-state index contributed by atoms with van der Waals surface area (Å²) in [7, 11) is -3.84. The van der Waals surface area contributed by atoms with Gasteiger partial charge in [-0.05, 0) is 24.6 Å². The smallest absolute Gasteiger partial charge is 0.270 e. The maximum absolute atomic E-state index is 12.6. The van der Waals surface area contributed by atoms with E-state index in [0.29, 0.717) is 0 Å². The minimum atomic E-state index is -3.84. The maximum atomic E-state index is 12.6. The summed E-state index contributed by atoms with van der Waals surface area (Å²) in [6.45, 7) is 1.88. The second-order valence-corrected chi connectivity index (χ2v) is 7.39. The van der Waals surface area contributed by atoms with Crippen molar-refractivity contribution in [1.29, 1.82) is 0 Å². The predicted octanol–water partition coefficient (Wildman–Crippen LogP) is 3.21. The number of benzene rings is 2. The lowest BCUT2D eigenvalue weighted by molar-refractivity contribution is -0.125. The molecule has 23 heavy (non-hydrogen) atoms. The number of hydrogen-bond acceptors (Lipinski definition) is 3. The Balaban J connectivity index is 1.90. The lowest BCUT2D eigenvalue weighted by Gasteiger charge is -2.25. The van der Waals surface area contributed by atoms with Gasteiger partial charge in [-0.2, -0.15) is 0 Å². The molecular formula is C18H17NO3S. The first-order valence-electron chi connectivity index (χ1n) is 7.36. The summed E-state index contributed by atoms with van der Waals surface area (Å²) < 4.78 is 26.1. The Morgan fingerprint density at radius 3 is 2.26 bits per heavy atom. The summed E-state index contributed by atoms with van der Waals surface area (Å²) in [5, 5.41) is 0. The van der Waals surface area contributed by atoms with Gasteiger partial charge in [0.25, 0.3) is 10.0 Å². The molecular weight excluding hydrogens is 310 g/mol. The number of nitrogens with zero attached hydrogens (tertiary/aromatic N) is 1. The van der Waals surface area contributed by atoms with Gasteiger partial charge in [-0.1, -0.05) is 54.1 Å². The van der Waals surface area contributed by atoms with Crippen LogP contribution < -0.4 is 0 Å². The average Bonchev–Trinajstić information content (AvgIpc) is 2.56. The van der Waals surface area contributed by atoms with Crippen LogP contribution in [0.1, 0.15) is 23.5 Å². The van der Waals surface area contributed by atoms with Crippen molar-refractivity contribution in [3.63, 3.8) is 0 Å². The van der Waals surface area contributed by atoms with Crippen LogP contribution in [-0.4, -0.2) is 18.6 Å². The van der Waals surface area contributed by atoms with E-state index in [0.717, 1.165) is 15.4 Å². The van der Waals surface area contributed by atoms with E-state index in [9.17, 15) is 13.2 Å². The zero-order chi connectivity index (χ0) is 16.4. The second-order valence-electron chi connectivity index (χ2n) is 5.57. The number of sulfonamides is 1. The Morgan fingerprint density at radius 2 is 1.65 bits per heavy atom. The van der Waals surface area contributed by atoms with Crippen LogP contribution in [0.15, 0.2) is 71.8 Å². The Kier molecular flexibility index (Phi) is 4.05. The zero-order valence-corrected chi connectivity index (χ0v) is 13.5. The van der Waals surface area contributed by atoms with Crippen LogP contribution in [0, 0.1) is 6.92 Å². The van der Waals surface area contributed by atoms with Gasteiger partial charge in [-0.3, -0.25) is 4.79 Å². The highest BCUT2D eigenvalue weighted by Crippen LogP contribution is 2.29. The van der Waals surface area contributed by atoms with Gasteiger partial charge in [0.2, 0.25) is 5.91 Å². The van der Waals surface area contributed by atoms with E-state index in [1.807, 2.05) is 37.3 Å². The minimum absolute atomic E-state index is 0.0897. The summed E-state index contributed by atoms with van der Waals surface area (Å²) in [5.74, 6) is -0.505. The molecule has 0 bridgehead atoms. The third-order valence-electron chi connectivity index (χ3n) is 3.90. The molecule has 0 saturated heterocycles. The van der Waals surface area contributed by atoms with E-state index in [2.05, 4.69) is 0 Å². The standard InChI is InChI=1S/C18H17NO3S/c1-14-7-9-17(10-8-14)23(21,22)19-12-11-16(13-18(19)20)15-5-3-2-4-6-15/h2-12,16H,13H2,1H3. The fourth-order valence-corrected chi connectivity index (χ4v) is 3.86. The topological polar surface area (TPSA) is 54.5 Å². The first-order chi connectivity index (χ1) is 11.0. The van der Waals surface area contributed by atoms with Crippen molar-refractivity contribution in [3.8, 4) is 0 Å². The molecule has 1 amide bonds. The van der Waals surface area contributed by atoms with Gasteiger partial charge in [-0.25, -0.2) is 12.7 Å². The SMILES string of the molecule is Cc1ccc(S(=O)(=O)N2C=CC(c3ccccc3)CC2=O)cc1. The van der Waals surface area contributed by atoms with E-state index in [1.165, 1.54) is 18.3 Å². The Morgan fingerprint density at radius 1 is 1.00 bits per heavy atom. The van der Waals surface area contributed by atoms with Gasteiger partial charge in [0.1, 0.15) is 0 Å². The minimum Gasteiger partial charge on any atom is -0.273 e. The first-order valence-corrected chi connectivity index (χ1v) is 8.80. The molecule has 0 fully saturated rings. The molecule has 1 heterocycles. The molecule has 2 aromatic rings. The van der Waals surface area contributed by atoms with E-state index >= 15 is 0 Å². The quantitative estimate of drug-likeness (QED) is 0.870. The normalized spacial score (nSPS) is 18.2. The highest BCUT2D eigenvalue weighted by Gasteiger charge is 2.32. The van der Waals surface area contributed by atoms with E-state index < -0.39 is 15.9 Å². The van der Waals surface area contributed by atoms with Crippen LogP contribution in [0.5, 0.6) is 0 Å². The Hall–Kier alpha value is -2.40. The third-order valence-corrected chi connectivity index (χ3v) is 5.61. The number of carbonyl (C=O) groups excluding carboxylic acids is 1. The Labute approximate surface area is 136 Å². The van der Waals surface area contributed by atoms with E-state index in [1.54, 1.807) is 18.2 Å². The van der Waals surface area contributed by atoms with Gasteiger partial charge in [0, 0.05) is 18.5 Å². The summed E-state index contributed by atoms with van der Waals surface area (Å²) in [5.41, 5.74) is 1.97. The molecule has 118 valence electrons. The fraction of sp³-hybridized carbons (Fsp3) is 0.167. The number of allylic oxidation sites excluding steroid dienone is 1. The Bertz CT molecular complexity index is 840. The lowest BCUT2D eigenvalue weighted by Crippen LogP contribution is -2.35. The predicted molar refractivity (Wildman–Crippen MR) is 88.2 cm³/mol. The van der Waals surface area contributed by atoms with Crippen LogP contribution >= 0.6 is 0 Å². The molecule has 0 aromatic heterocycles. The largest absolute Gasteiger partial charge is 0.273 e. The summed E-state index contributed by atoms with van der Waals surface area (Å²) in [6.07, 6.45) is 3.28. The maximum Gasteiger partial charge on any atom is 0.270 e. The zero-order valence-electron chi connectivity index (χ0n) is 12.7. The molecule has 2 aromatic carbocycles. The van der Waals surface area contributed by atoms with Crippen molar-refractivity contribution in [1.82, 2.24) is 4.31 Å². The number of hydrogen-bond donors (Lipinski definition) is 0. The molecule has 5 heteroatoms. The van der Waals surface area contributed by atoms with Crippen molar-refractivity contribution in [2.24, 2.45) is 0 Å². The first kappa shape index (κ1) is 15.5.